The summed E-state index contributed by atoms with van der Waals surface area (Å²) in [5, 5.41) is 8.95. The topological polar surface area (TPSA) is 37.2 Å². The summed E-state index contributed by atoms with van der Waals surface area (Å²) in [5.74, 6) is 2.10. The van der Waals surface area contributed by atoms with Crippen LogP contribution in [0.2, 0.25) is 0 Å². The van der Waals surface area contributed by atoms with Gasteiger partial charge in [-0.1, -0.05) is 85.3 Å². The molecule has 0 amide bonds. The van der Waals surface area contributed by atoms with E-state index in [-0.39, 0.29) is 0 Å². The van der Waals surface area contributed by atoms with Crippen LogP contribution in [0.15, 0.2) is 90.5 Å². The fraction of sp³-hybridized carbons (Fsp3) is 0.312. The molecule has 0 radical (unpaired) electrons. The Morgan fingerprint density at radius 1 is 0.730 bits per heavy atom. The summed E-state index contributed by atoms with van der Waals surface area (Å²) >= 11 is 0. The van der Waals surface area contributed by atoms with E-state index in [1.54, 1.807) is 5.57 Å². The molecule has 3 aromatic carbocycles. The molecule has 0 bridgehead atoms. The van der Waals surface area contributed by atoms with Crippen molar-refractivity contribution in [2.45, 2.75) is 39.2 Å². The Kier molecular flexibility index (Phi) is 6.87. The van der Waals surface area contributed by atoms with Crippen molar-refractivity contribution in [3.05, 3.63) is 113 Å². The van der Waals surface area contributed by atoms with Gasteiger partial charge in [0, 0.05) is 26.1 Å². The molecule has 1 saturated heterocycles. The van der Waals surface area contributed by atoms with Crippen molar-refractivity contribution in [1.29, 1.82) is 0 Å². The van der Waals surface area contributed by atoms with Crippen LogP contribution in [0.25, 0.3) is 11.3 Å². The largest absolute Gasteiger partial charge is 0.362 e. The first-order chi connectivity index (χ1) is 18.3. The van der Waals surface area contributed by atoms with Gasteiger partial charge < -0.3 is 9.80 Å². The Bertz CT molecular complexity index is 1320. The van der Waals surface area contributed by atoms with Crippen LogP contribution in [-0.2, 0) is 13.0 Å². The lowest BCUT2D eigenvalue weighted by molar-refractivity contribution is 0.254. The zero-order valence-electron chi connectivity index (χ0n) is 21.7. The van der Waals surface area contributed by atoms with Gasteiger partial charge in [-0.25, -0.2) is 0 Å². The summed E-state index contributed by atoms with van der Waals surface area (Å²) in [5.41, 5.74) is 8.20. The molecule has 5 heteroatoms. The number of hydrogen-bond acceptors (Lipinski definition) is 4. The van der Waals surface area contributed by atoms with Gasteiger partial charge in [0.25, 0.3) is 0 Å². The van der Waals surface area contributed by atoms with Crippen molar-refractivity contribution < 1.29 is 0 Å². The van der Waals surface area contributed by atoms with Crippen molar-refractivity contribution in [3.63, 3.8) is 0 Å². The molecule has 0 spiro atoms. The standard InChI is InChI=1S/C32H35N5/c1-2-30-33-34-31-24-36(28-16-9-10-17-29(28)37(30)31)21-11-20-35-22-18-27(19-23-35)32(25-12-5-3-6-13-25)26-14-7-4-8-15-26/h3-10,12-17H,2,11,18-24H2,1H3. The van der Waals surface area contributed by atoms with Crippen LogP contribution in [-0.4, -0.2) is 45.8 Å². The summed E-state index contributed by atoms with van der Waals surface area (Å²) in [6, 6.07) is 30.5. The number of anilines is 1. The van der Waals surface area contributed by atoms with E-state index in [2.05, 4.69) is 116 Å². The number of likely N-dealkylation sites (tertiary alicyclic amines) is 1. The highest BCUT2D eigenvalue weighted by molar-refractivity contribution is 5.82. The highest BCUT2D eigenvalue weighted by Gasteiger charge is 2.25. The monoisotopic (exact) mass is 489 g/mol. The Morgan fingerprint density at radius 2 is 1.35 bits per heavy atom. The number of fused-ring (bicyclic) bond motifs is 3. The minimum Gasteiger partial charge on any atom is -0.362 e. The molecule has 0 N–H and O–H groups in total. The number of nitrogens with zero attached hydrogens (tertiary/aromatic N) is 5. The molecule has 1 aromatic heterocycles. The third-order valence-electron chi connectivity index (χ3n) is 7.75. The Balaban J connectivity index is 1.11. The van der Waals surface area contributed by atoms with Gasteiger partial charge in [-0.15, -0.1) is 10.2 Å². The van der Waals surface area contributed by atoms with E-state index in [9.17, 15) is 0 Å². The maximum atomic E-state index is 4.51. The second-order valence-electron chi connectivity index (χ2n) is 10.0. The van der Waals surface area contributed by atoms with Crippen LogP contribution in [0.4, 0.5) is 5.69 Å². The number of aromatic nitrogens is 3. The first kappa shape index (κ1) is 23.7. The number of piperidine rings is 1. The number of rotatable bonds is 7. The fourth-order valence-electron chi connectivity index (χ4n) is 5.91. The first-order valence-electron chi connectivity index (χ1n) is 13.6. The molecule has 37 heavy (non-hydrogen) atoms. The maximum Gasteiger partial charge on any atom is 0.157 e. The molecule has 5 nitrogen and oxygen atoms in total. The average Bonchev–Trinajstić information content (AvgIpc) is 3.38. The molecule has 188 valence electrons. The molecule has 0 atom stereocenters. The minimum absolute atomic E-state index is 0.828. The van der Waals surface area contributed by atoms with Gasteiger partial charge in [-0.3, -0.25) is 4.57 Å². The first-order valence-corrected chi connectivity index (χ1v) is 13.6. The van der Waals surface area contributed by atoms with E-state index in [4.69, 9.17) is 0 Å². The number of para-hydroxylation sites is 2. The van der Waals surface area contributed by atoms with E-state index < -0.39 is 0 Å². The summed E-state index contributed by atoms with van der Waals surface area (Å²) in [7, 11) is 0. The highest BCUT2D eigenvalue weighted by atomic mass is 15.3. The van der Waals surface area contributed by atoms with E-state index in [1.165, 1.54) is 28.1 Å². The van der Waals surface area contributed by atoms with Crippen LogP contribution in [0.3, 0.4) is 0 Å². The number of aryl methyl sites for hydroxylation is 1. The molecule has 0 saturated carbocycles. The summed E-state index contributed by atoms with van der Waals surface area (Å²) in [6.07, 6.45) is 4.30. The van der Waals surface area contributed by atoms with Crippen molar-refractivity contribution in [1.82, 2.24) is 19.7 Å². The molecule has 6 rings (SSSR count). The van der Waals surface area contributed by atoms with Crippen molar-refractivity contribution in [2.75, 3.05) is 31.1 Å². The summed E-state index contributed by atoms with van der Waals surface area (Å²) < 4.78 is 2.25. The maximum absolute atomic E-state index is 4.51. The van der Waals surface area contributed by atoms with Crippen molar-refractivity contribution >= 4 is 11.3 Å². The molecule has 3 heterocycles. The second kappa shape index (κ2) is 10.7. The molecule has 0 aliphatic carbocycles. The molecular weight excluding hydrogens is 454 g/mol. The lowest BCUT2D eigenvalue weighted by Crippen LogP contribution is -2.36. The van der Waals surface area contributed by atoms with Gasteiger partial charge in [0.2, 0.25) is 0 Å². The molecule has 2 aliphatic rings. The van der Waals surface area contributed by atoms with Gasteiger partial charge >= 0.3 is 0 Å². The molecular formula is C32H35N5. The van der Waals surface area contributed by atoms with Crippen molar-refractivity contribution in [2.24, 2.45) is 0 Å². The van der Waals surface area contributed by atoms with E-state index in [0.29, 0.717) is 0 Å². The SMILES string of the molecule is CCc1nnc2n1-c1ccccc1N(CCCN1CCC(=C(c3ccccc3)c3ccccc3)CC1)C2. The zero-order valence-corrected chi connectivity index (χ0v) is 21.7. The van der Waals surface area contributed by atoms with Gasteiger partial charge in [0.1, 0.15) is 5.82 Å². The lowest BCUT2D eigenvalue weighted by Gasteiger charge is -2.34. The van der Waals surface area contributed by atoms with Gasteiger partial charge in [-0.05, 0) is 54.6 Å². The lowest BCUT2D eigenvalue weighted by atomic mass is 9.88. The smallest absolute Gasteiger partial charge is 0.157 e. The van der Waals surface area contributed by atoms with Crippen LogP contribution in [0, 0.1) is 0 Å². The van der Waals surface area contributed by atoms with Crippen LogP contribution < -0.4 is 4.90 Å². The third kappa shape index (κ3) is 4.84. The highest BCUT2D eigenvalue weighted by Crippen LogP contribution is 2.34. The van der Waals surface area contributed by atoms with Crippen LogP contribution >= 0.6 is 0 Å². The van der Waals surface area contributed by atoms with E-state index in [1.807, 2.05) is 0 Å². The zero-order chi connectivity index (χ0) is 25.0. The molecule has 4 aromatic rings. The Labute approximate surface area is 220 Å². The second-order valence-corrected chi connectivity index (χ2v) is 10.0. The fourth-order valence-corrected chi connectivity index (χ4v) is 5.91. The van der Waals surface area contributed by atoms with E-state index in [0.717, 1.165) is 70.1 Å². The third-order valence-corrected chi connectivity index (χ3v) is 7.75. The summed E-state index contributed by atoms with van der Waals surface area (Å²) in [6.45, 7) is 7.39. The number of benzene rings is 3. The predicted molar refractivity (Wildman–Crippen MR) is 151 cm³/mol. The Hall–Kier alpha value is -3.70. The van der Waals surface area contributed by atoms with Gasteiger partial charge in [-0.2, -0.15) is 0 Å². The van der Waals surface area contributed by atoms with Crippen molar-refractivity contribution in [3.8, 4) is 5.69 Å². The summed E-state index contributed by atoms with van der Waals surface area (Å²) in [4.78, 5) is 5.13. The minimum atomic E-state index is 0.828. The Morgan fingerprint density at radius 3 is 2.00 bits per heavy atom. The number of hydrogen-bond donors (Lipinski definition) is 0. The quantitative estimate of drug-likeness (QED) is 0.313. The van der Waals surface area contributed by atoms with E-state index >= 15 is 0 Å². The van der Waals surface area contributed by atoms with Crippen LogP contribution in [0.5, 0.6) is 0 Å². The molecule has 2 aliphatic heterocycles. The predicted octanol–water partition coefficient (Wildman–Crippen LogP) is 6.14. The normalized spacial score (nSPS) is 15.4. The average molecular weight is 490 g/mol. The molecule has 1 fully saturated rings. The van der Waals surface area contributed by atoms with Gasteiger partial charge in [0.05, 0.1) is 17.9 Å². The van der Waals surface area contributed by atoms with Crippen LogP contribution in [0.1, 0.15) is 49.0 Å². The molecule has 0 unspecified atom stereocenters. The van der Waals surface area contributed by atoms with Gasteiger partial charge in [0.15, 0.2) is 5.82 Å².